The summed E-state index contributed by atoms with van der Waals surface area (Å²) in [6.45, 7) is 9.26. The van der Waals surface area contributed by atoms with E-state index in [9.17, 15) is 0 Å². The molecule has 5 nitrogen and oxygen atoms in total. The Morgan fingerprint density at radius 1 is 1.21 bits per heavy atom. The molecule has 0 amide bonds. The van der Waals surface area contributed by atoms with E-state index in [1.54, 1.807) is 0 Å². The molecule has 0 aromatic carbocycles. The van der Waals surface area contributed by atoms with Crippen LogP contribution in [0.2, 0.25) is 0 Å². The minimum atomic E-state index is 0. The van der Waals surface area contributed by atoms with Gasteiger partial charge in [-0.15, -0.1) is 24.0 Å². The molecule has 0 aromatic rings. The summed E-state index contributed by atoms with van der Waals surface area (Å²) in [7, 11) is 1.89. The number of nitrogens with one attached hydrogen (secondary N) is 2. The van der Waals surface area contributed by atoms with Crippen LogP contribution in [0.15, 0.2) is 4.99 Å². The highest BCUT2D eigenvalue weighted by Gasteiger charge is 2.38. The molecule has 1 saturated carbocycles. The molecular formula is C18H36IN5. The molecule has 3 rings (SSSR count). The number of halogens is 1. The zero-order chi connectivity index (χ0) is 16.2. The van der Waals surface area contributed by atoms with Crippen LogP contribution in [0.4, 0.5) is 0 Å². The van der Waals surface area contributed by atoms with E-state index in [1.165, 1.54) is 51.6 Å². The van der Waals surface area contributed by atoms with Crippen molar-refractivity contribution in [3.05, 3.63) is 0 Å². The second kappa shape index (κ2) is 9.57. The lowest BCUT2D eigenvalue weighted by atomic mass is 10.0. The highest BCUT2D eigenvalue weighted by atomic mass is 127. The molecule has 0 bridgehead atoms. The molecule has 140 valence electrons. The molecule has 3 atom stereocenters. The Morgan fingerprint density at radius 3 is 2.67 bits per heavy atom. The Kier molecular flexibility index (Phi) is 8.07. The second-order valence-electron chi connectivity index (χ2n) is 7.59. The summed E-state index contributed by atoms with van der Waals surface area (Å²) >= 11 is 0. The molecule has 1 aliphatic carbocycles. The smallest absolute Gasteiger partial charge is 0.191 e. The highest BCUT2D eigenvalue weighted by Crippen LogP contribution is 2.33. The monoisotopic (exact) mass is 449 g/mol. The van der Waals surface area contributed by atoms with Gasteiger partial charge in [-0.1, -0.05) is 13.3 Å². The maximum Gasteiger partial charge on any atom is 0.191 e. The average Bonchev–Trinajstić information content (AvgIpc) is 3.35. The number of likely N-dealkylation sites (N-methyl/N-ethyl adjacent to an activating group) is 1. The van der Waals surface area contributed by atoms with Gasteiger partial charge in [-0.3, -0.25) is 14.8 Å². The SMILES string of the molecule is CCN1CCCCC1CNC(=NC)NC1CC(C)N(C2CC2)C1.I. The van der Waals surface area contributed by atoms with E-state index >= 15 is 0 Å². The molecule has 2 N–H and O–H groups in total. The Hall–Kier alpha value is -0.0800. The lowest BCUT2D eigenvalue weighted by Gasteiger charge is -2.35. The summed E-state index contributed by atoms with van der Waals surface area (Å²) in [6, 6.07) is 2.79. The third kappa shape index (κ3) is 5.21. The number of guanidine groups is 1. The number of nitrogens with zero attached hydrogens (tertiary/aromatic N) is 3. The van der Waals surface area contributed by atoms with Crippen molar-refractivity contribution in [2.45, 2.75) is 76.5 Å². The molecule has 3 fully saturated rings. The number of aliphatic imine (C=N–C) groups is 1. The number of hydrogen-bond acceptors (Lipinski definition) is 3. The van der Waals surface area contributed by atoms with Gasteiger partial charge >= 0.3 is 0 Å². The Labute approximate surface area is 165 Å². The molecule has 0 spiro atoms. The van der Waals surface area contributed by atoms with E-state index in [-0.39, 0.29) is 24.0 Å². The van der Waals surface area contributed by atoms with E-state index in [0.29, 0.717) is 18.1 Å². The van der Waals surface area contributed by atoms with Crippen molar-refractivity contribution in [3.8, 4) is 0 Å². The number of hydrogen-bond donors (Lipinski definition) is 2. The van der Waals surface area contributed by atoms with Crippen LogP contribution in [0.3, 0.4) is 0 Å². The van der Waals surface area contributed by atoms with Crippen molar-refractivity contribution in [2.75, 3.05) is 33.2 Å². The van der Waals surface area contributed by atoms with Gasteiger partial charge in [0.05, 0.1) is 0 Å². The van der Waals surface area contributed by atoms with Crippen LogP contribution in [0, 0.1) is 0 Å². The Morgan fingerprint density at radius 2 is 2.00 bits per heavy atom. The predicted molar refractivity (Wildman–Crippen MR) is 112 cm³/mol. The van der Waals surface area contributed by atoms with Crippen molar-refractivity contribution in [2.24, 2.45) is 4.99 Å². The molecule has 0 radical (unpaired) electrons. The Bertz CT molecular complexity index is 412. The summed E-state index contributed by atoms with van der Waals surface area (Å²) in [4.78, 5) is 9.75. The molecule has 2 saturated heterocycles. The summed E-state index contributed by atoms with van der Waals surface area (Å²) in [5, 5.41) is 7.24. The normalized spacial score (nSPS) is 32.5. The van der Waals surface area contributed by atoms with Gasteiger partial charge in [0.25, 0.3) is 0 Å². The molecule has 24 heavy (non-hydrogen) atoms. The second-order valence-corrected chi connectivity index (χ2v) is 7.59. The van der Waals surface area contributed by atoms with Crippen molar-refractivity contribution in [3.63, 3.8) is 0 Å². The number of likely N-dealkylation sites (tertiary alicyclic amines) is 2. The van der Waals surface area contributed by atoms with Crippen molar-refractivity contribution in [1.29, 1.82) is 0 Å². The fourth-order valence-electron chi connectivity index (χ4n) is 4.39. The maximum atomic E-state index is 4.45. The van der Waals surface area contributed by atoms with E-state index in [4.69, 9.17) is 0 Å². The summed E-state index contributed by atoms with van der Waals surface area (Å²) in [5.41, 5.74) is 0. The van der Waals surface area contributed by atoms with Crippen LogP contribution in [0.25, 0.3) is 0 Å². The number of rotatable bonds is 5. The van der Waals surface area contributed by atoms with Crippen molar-refractivity contribution in [1.82, 2.24) is 20.4 Å². The minimum absolute atomic E-state index is 0. The summed E-state index contributed by atoms with van der Waals surface area (Å²) in [6.07, 6.45) is 8.08. The molecule has 3 unspecified atom stereocenters. The van der Waals surface area contributed by atoms with Gasteiger partial charge < -0.3 is 10.6 Å². The van der Waals surface area contributed by atoms with E-state index in [2.05, 4.69) is 39.3 Å². The zero-order valence-electron chi connectivity index (χ0n) is 15.6. The quantitative estimate of drug-likeness (QED) is 0.384. The van der Waals surface area contributed by atoms with Gasteiger partial charge in [-0.05, 0) is 52.1 Å². The molecule has 2 heterocycles. The molecular weight excluding hydrogens is 413 g/mol. The summed E-state index contributed by atoms with van der Waals surface area (Å²) in [5.74, 6) is 0.987. The minimum Gasteiger partial charge on any atom is -0.355 e. The zero-order valence-corrected chi connectivity index (χ0v) is 18.0. The highest BCUT2D eigenvalue weighted by molar-refractivity contribution is 14.0. The van der Waals surface area contributed by atoms with Crippen LogP contribution in [0.1, 0.15) is 52.4 Å². The molecule has 3 aliphatic rings. The first kappa shape index (κ1) is 20.2. The van der Waals surface area contributed by atoms with Crippen LogP contribution >= 0.6 is 24.0 Å². The topological polar surface area (TPSA) is 42.9 Å². The molecule has 2 aliphatic heterocycles. The fraction of sp³-hybridized carbons (Fsp3) is 0.944. The predicted octanol–water partition coefficient (Wildman–Crippen LogP) is 2.27. The van der Waals surface area contributed by atoms with Crippen LogP contribution in [-0.4, -0.2) is 73.2 Å². The van der Waals surface area contributed by atoms with Gasteiger partial charge in [0, 0.05) is 44.3 Å². The van der Waals surface area contributed by atoms with Crippen LogP contribution < -0.4 is 10.6 Å². The fourth-order valence-corrected chi connectivity index (χ4v) is 4.39. The lowest BCUT2D eigenvalue weighted by Crippen LogP contribution is -2.51. The number of piperidine rings is 1. The van der Waals surface area contributed by atoms with Gasteiger partial charge in [0.15, 0.2) is 5.96 Å². The first-order chi connectivity index (χ1) is 11.2. The first-order valence-electron chi connectivity index (χ1n) is 9.68. The van der Waals surface area contributed by atoms with Crippen LogP contribution in [-0.2, 0) is 0 Å². The van der Waals surface area contributed by atoms with E-state index in [1.807, 2.05) is 7.05 Å². The van der Waals surface area contributed by atoms with E-state index < -0.39 is 0 Å². The van der Waals surface area contributed by atoms with Gasteiger partial charge in [-0.2, -0.15) is 0 Å². The largest absolute Gasteiger partial charge is 0.355 e. The average molecular weight is 449 g/mol. The van der Waals surface area contributed by atoms with Crippen molar-refractivity contribution < 1.29 is 0 Å². The first-order valence-corrected chi connectivity index (χ1v) is 9.68. The third-order valence-corrected chi connectivity index (χ3v) is 5.86. The van der Waals surface area contributed by atoms with Crippen molar-refractivity contribution >= 4 is 29.9 Å². The molecule has 6 heteroatoms. The van der Waals surface area contributed by atoms with Gasteiger partial charge in [-0.25, -0.2) is 0 Å². The standard InChI is InChI=1S/C18H35N5.HI/c1-4-22-10-6-5-7-17(22)12-20-18(19-3)21-15-11-14(2)23(13-15)16-8-9-16;/h14-17H,4-13H2,1-3H3,(H2,19,20,21);1H. The molecule has 0 aromatic heterocycles. The third-order valence-electron chi connectivity index (χ3n) is 5.86. The van der Waals surface area contributed by atoms with Gasteiger partial charge in [0.2, 0.25) is 0 Å². The van der Waals surface area contributed by atoms with E-state index in [0.717, 1.165) is 25.1 Å². The van der Waals surface area contributed by atoms with Gasteiger partial charge in [0.1, 0.15) is 0 Å². The maximum absolute atomic E-state index is 4.45. The summed E-state index contributed by atoms with van der Waals surface area (Å²) < 4.78 is 0. The lowest BCUT2D eigenvalue weighted by molar-refractivity contribution is 0.157. The Balaban J connectivity index is 0.00000208. The van der Waals surface area contributed by atoms with Crippen LogP contribution in [0.5, 0.6) is 0 Å².